The smallest absolute Gasteiger partial charge is 0.152 e. The van der Waals surface area contributed by atoms with Gasteiger partial charge in [-0.2, -0.15) is 0 Å². The SMILES string of the molecule is O=S1(=O)CC[C@H](CNCc2c(Cl)nc3ccccn23)C1. The van der Waals surface area contributed by atoms with Crippen molar-refractivity contribution in [3.05, 3.63) is 35.2 Å². The molecule has 3 heterocycles. The van der Waals surface area contributed by atoms with E-state index in [9.17, 15) is 8.42 Å². The molecule has 0 aromatic carbocycles. The third-order valence-corrected chi connectivity index (χ3v) is 5.77. The van der Waals surface area contributed by atoms with Gasteiger partial charge in [0.25, 0.3) is 0 Å². The standard InChI is InChI=1S/C13H16ClN3O2S/c14-13-11(17-5-2-1-3-12(17)16-13)8-15-7-10-4-6-20(18,19)9-10/h1-3,5,10,15H,4,6-9H2/t10-/m1/s1. The zero-order valence-electron chi connectivity index (χ0n) is 10.9. The number of sulfone groups is 1. The van der Waals surface area contributed by atoms with Crippen LogP contribution in [0.5, 0.6) is 0 Å². The van der Waals surface area contributed by atoms with Gasteiger partial charge in [0.15, 0.2) is 15.0 Å². The Morgan fingerprint density at radius 3 is 3.05 bits per heavy atom. The molecule has 1 aliphatic heterocycles. The van der Waals surface area contributed by atoms with E-state index in [4.69, 9.17) is 11.6 Å². The van der Waals surface area contributed by atoms with Crippen molar-refractivity contribution in [2.24, 2.45) is 5.92 Å². The normalized spacial score (nSPS) is 21.6. The highest BCUT2D eigenvalue weighted by molar-refractivity contribution is 7.91. The van der Waals surface area contributed by atoms with E-state index in [1.165, 1.54) is 0 Å². The minimum Gasteiger partial charge on any atom is -0.311 e. The van der Waals surface area contributed by atoms with Crippen LogP contribution >= 0.6 is 11.6 Å². The first-order valence-electron chi connectivity index (χ1n) is 6.58. The number of aromatic nitrogens is 2. The molecule has 2 aromatic heterocycles. The molecule has 7 heteroatoms. The van der Waals surface area contributed by atoms with E-state index in [2.05, 4.69) is 10.3 Å². The van der Waals surface area contributed by atoms with Crippen molar-refractivity contribution in [3.63, 3.8) is 0 Å². The van der Waals surface area contributed by atoms with Crippen molar-refractivity contribution in [2.75, 3.05) is 18.1 Å². The van der Waals surface area contributed by atoms with Crippen molar-refractivity contribution < 1.29 is 8.42 Å². The first-order chi connectivity index (χ1) is 9.55. The van der Waals surface area contributed by atoms with Crippen LogP contribution in [0.2, 0.25) is 5.15 Å². The van der Waals surface area contributed by atoms with E-state index in [-0.39, 0.29) is 5.92 Å². The molecule has 3 rings (SSSR count). The van der Waals surface area contributed by atoms with Crippen LogP contribution in [-0.2, 0) is 16.4 Å². The summed E-state index contributed by atoms with van der Waals surface area (Å²) in [6.07, 6.45) is 2.67. The highest BCUT2D eigenvalue weighted by Crippen LogP contribution is 2.19. The Balaban J connectivity index is 1.64. The summed E-state index contributed by atoms with van der Waals surface area (Å²) in [4.78, 5) is 4.28. The molecule has 0 bridgehead atoms. The van der Waals surface area contributed by atoms with Gasteiger partial charge in [0.1, 0.15) is 5.65 Å². The Labute approximate surface area is 122 Å². The Bertz CT molecular complexity index is 726. The second-order valence-corrected chi connectivity index (χ2v) is 7.76. The molecule has 20 heavy (non-hydrogen) atoms. The average Bonchev–Trinajstić information content (AvgIpc) is 2.90. The lowest BCUT2D eigenvalue weighted by Gasteiger charge is -2.09. The van der Waals surface area contributed by atoms with Crippen molar-refractivity contribution in [1.82, 2.24) is 14.7 Å². The largest absolute Gasteiger partial charge is 0.311 e. The Hall–Kier alpha value is -1.11. The zero-order valence-corrected chi connectivity index (χ0v) is 12.5. The quantitative estimate of drug-likeness (QED) is 0.929. The summed E-state index contributed by atoms with van der Waals surface area (Å²) < 4.78 is 24.7. The monoisotopic (exact) mass is 313 g/mol. The van der Waals surface area contributed by atoms with Gasteiger partial charge in [0, 0.05) is 12.7 Å². The van der Waals surface area contributed by atoms with Crippen LogP contribution in [0, 0.1) is 5.92 Å². The van der Waals surface area contributed by atoms with Crippen molar-refractivity contribution in [1.29, 1.82) is 0 Å². The first-order valence-corrected chi connectivity index (χ1v) is 8.78. The number of rotatable bonds is 4. The fourth-order valence-corrected chi connectivity index (χ4v) is 4.71. The molecular formula is C13H16ClN3O2S. The van der Waals surface area contributed by atoms with Gasteiger partial charge in [-0.25, -0.2) is 13.4 Å². The summed E-state index contributed by atoms with van der Waals surface area (Å²) in [6, 6.07) is 5.75. The van der Waals surface area contributed by atoms with E-state index >= 15 is 0 Å². The zero-order chi connectivity index (χ0) is 14.2. The fourth-order valence-electron chi connectivity index (χ4n) is 2.60. The molecule has 0 spiro atoms. The van der Waals surface area contributed by atoms with Crippen molar-refractivity contribution in [2.45, 2.75) is 13.0 Å². The molecule has 1 N–H and O–H groups in total. The van der Waals surface area contributed by atoms with Crippen molar-refractivity contribution >= 4 is 27.1 Å². The summed E-state index contributed by atoms with van der Waals surface area (Å²) in [5.74, 6) is 0.814. The summed E-state index contributed by atoms with van der Waals surface area (Å²) in [5.41, 5.74) is 1.72. The van der Waals surface area contributed by atoms with Crippen LogP contribution in [0.4, 0.5) is 0 Å². The van der Waals surface area contributed by atoms with Gasteiger partial charge >= 0.3 is 0 Å². The predicted octanol–water partition coefficient (Wildman–Crippen LogP) is 1.51. The predicted molar refractivity (Wildman–Crippen MR) is 78.7 cm³/mol. The summed E-state index contributed by atoms with van der Waals surface area (Å²) in [6.45, 7) is 1.27. The van der Waals surface area contributed by atoms with E-state index in [0.29, 0.717) is 29.7 Å². The van der Waals surface area contributed by atoms with E-state index < -0.39 is 9.84 Å². The van der Waals surface area contributed by atoms with Gasteiger partial charge in [-0.1, -0.05) is 17.7 Å². The van der Waals surface area contributed by atoms with Gasteiger partial charge in [-0.3, -0.25) is 0 Å². The van der Waals surface area contributed by atoms with Crippen LogP contribution < -0.4 is 5.32 Å². The van der Waals surface area contributed by atoms with E-state index in [0.717, 1.165) is 17.8 Å². The van der Waals surface area contributed by atoms with E-state index in [1.54, 1.807) is 0 Å². The molecule has 108 valence electrons. The first kappa shape index (κ1) is 13.9. The number of pyridine rings is 1. The van der Waals surface area contributed by atoms with Gasteiger partial charge in [0.2, 0.25) is 0 Å². The molecule has 0 amide bonds. The maximum absolute atomic E-state index is 11.4. The molecule has 2 aromatic rings. The number of nitrogens with zero attached hydrogens (tertiary/aromatic N) is 2. The molecule has 0 unspecified atom stereocenters. The highest BCUT2D eigenvalue weighted by Gasteiger charge is 2.27. The molecule has 1 fully saturated rings. The molecule has 0 aliphatic carbocycles. The van der Waals surface area contributed by atoms with Gasteiger partial charge in [-0.15, -0.1) is 0 Å². The maximum Gasteiger partial charge on any atom is 0.152 e. The summed E-state index contributed by atoms with van der Waals surface area (Å²) >= 11 is 6.14. The Morgan fingerprint density at radius 2 is 2.30 bits per heavy atom. The molecular weight excluding hydrogens is 298 g/mol. The minimum absolute atomic E-state index is 0.206. The highest BCUT2D eigenvalue weighted by atomic mass is 35.5. The molecule has 1 aliphatic rings. The number of imidazole rings is 1. The minimum atomic E-state index is -2.81. The van der Waals surface area contributed by atoms with Gasteiger partial charge in [-0.05, 0) is 31.0 Å². The molecule has 0 saturated carbocycles. The van der Waals surface area contributed by atoms with Crippen LogP contribution in [0.15, 0.2) is 24.4 Å². The van der Waals surface area contributed by atoms with Gasteiger partial charge < -0.3 is 9.72 Å². The van der Waals surface area contributed by atoms with Crippen LogP contribution in [0.25, 0.3) is 5.65 Å². The van der Waals surface area contributed by atoms with Crippen LogP contribution in [-0.4, -0.2) is 35.9 Å². The summed E-state index contributed by atoms with van der Waals surface area (Å²) in [7, 11) is -2.81. The number of halogens is 1. The van der Waals surface area contributed by atoms with Gasteiger partial charge in [0.05, 0.1) is 17.2 Å². The number of hydrogen-bond donors (Lipinski definition) is 1. The third kappa shape index (κ3) is 2.82. The third-order valence-electron chi connectivity index (χ3n) is 3.63. The molecule has 1 atom stereocenters. The Kier molecular flexibility index (Phi) is 3.70. The lowest BCUT2D eigenvalue weighted by Crippen LogP contribution is -2.24. The lowest BCUT2D eigenvalue weighted by atomic mass is 10.1. The lowest BCUT2D eigenvalue weighted by molar-refractivity contribution is 0.517. The summed E-state index contributed by atoms with van der Waals surface area (Å²) in [5, 5.41) is 3.78. The second kappa shape index (κ2) is 5.35. The number of fused-ring (bicyclic) bond motifs is 1. The Morgan fingerprint density at radius 1 is 1.45 bits per heavy atom. The average molecular weight is 314 g/mol. The second-order valence-electron chi connectivity index (χ2n) is 5.18. The molecule has 1 saturated heterocycles. The van der Waals surface area contributed by atoms with Crippen molar-refractivity contribution in [3.8, 4) is 0 Å². The van der Waals surface area contributed by atoms with Crippen LogP contribution in [0.3, 0.4) is 0 Å². The fraction of sp³-hybridized carbons (Fsp3) is 0.462. The topological polar surface area (TPSA) is 63.5 Å². The molecule has 0 radical (unpaired) electrons. The maximum atomic E-state index is 11.4. The van der Waals surface area contributed by atoms with E-state index in [1.807, 2.05) is 28.8 Å². The number of hydrogen-bond acceptors (Lipinski definition) is 4. The molecule has 5 nitrogen and oxygen atoms in total. The number of nitrogens with one attached hydrogen (secondary N) is 1. The van der Waals surface area contributed by atoms with Crippen LogP contribution in [0.1, 0.15) is 12.1 Å².